The highest BCUT2D eigenvalue weighted by Gasteiger charge is 2.22. The summed E-state index contributed by atoms with van der Waals surface area (Å²) < 4.78 is 19.5. The molecule has 0 saturated heterocycles. The molecule has 4 nitrogen and oxygen atoms in total. The third-order valence-corrected chi connectivity index (χ3v) is 3.97. The topological polar surface area (TPSA) is 59.4 Å². The normalized spacial score (nSPS) is 14.5. The summed E-state index contributed by atoms with van der Waals surface area (Å²) in [7, 11) is 0. The second-order valence-electron chi connectivity index (χ2n) is 5.18. The summed E-state index contributed by atoms with van der Waals surface area (Å²) in [5.74, 6) is -1.36. The number of halogens is 2. The van der Waals surface area contributed by atoms with E-state index in [0.29, 0.717) is 17.0 Å². The Bertz CT molecular complexity index is 731. The molecule has 22 heavy (non-hydrogen) atoms. The van der Waals surface area contributed by atoms with Crippen molar-refractivity contribution in [2.24, 2.45) is 0 Å². The van der Waals surface area contributed by atoms with E-state index >= 15 is 0 Å². The number of hydrogen-bond donors (Lipinski definition) is 1. The number of aromatic nitrogens is 1. The van der Waals surface area contributed by atoms with Gasteiger partial charge in [0.2, 0.25) is 5.88 Å². The molecule has 1 saturated carbocycles. The lowest BCUT2D eigenvalue weighted by Gasteiger charge is -2.26. The van der Waals surface area contributed by atoms with Crippen LogP contribution in [0.1, 0.15) is 29.6 Å². The Balaban J connectivity index is 2.05. The maximum atomic E-state index is 13.7. The summed E-state index contributed by atoms with van der Waals surface area (Å²) in [6.45, 7) is 0. The van der Waals surface area contributed by atoms with Crippen LogP contribution in [0.3, 0.4) is 0 Å². The molecule has 1 aromatic carbocycles. The lowest BCUT2D eigenvalue weighted by atomic mass is 9.96. The number of carboxylic acids is 1. The Kier molecular flexibility index (Phi) is 3.98. The highest BCUT2D eigenvalue weighted by molar-refractivity contribution is 6.30. The van der Waals surface area contributed by atoms with Crippen molar-refractivity contribution in [2.75, 3.05) is 0 Å². The number of pyridine rings is 1. The van der Waals surface area contributed by atoms with E-state index < -0.39 is 11.8 Å². The molecule has 0 aliphatic heterocycles. The van der Waals surface area contributed by atoms with Gasteiger partial charge in [0.15, 0.2) is 0 Å². The first-order valence-corrected chi connectivity index (χ1v) is 7.28. The third-order valence-electron chi connectivity index (χ3n) is 3.66. The van der Waals surface area contributed by atoms with Crippen LogP contribution in [0.25, 0.3) is 11.1 Å². The van der Waals surface area contributed by atoms with E-state index in [4.69, 9.17) is 21.4 Å². The smallest absolute Gasteiger partial charge is 0.337 e. The molecule has 1 N–H and O–H groups in total. The van der Waals surface area contributed by atoms with Gasteiger partial charge in [-0.3, -0.25) is 0 Å². The lowest BCUT2D eigenvalue weighted by Crippen LogP contribution is -2.25. The van der Waals surface area contributed by atoms with Gasteiger partial charge in [0.1, 0.15) is 11.9 Å². The fourth-order valence-corrected chi connectivity index (χ4v) is 2.30. The number of carboxylic acid groups (broad SMARTS) is 1. The number of carbonyl (C=O) groups is 1. The Morgan fingerprint density at radius 2 is 2.14 bits per heavy atom. The number of rotatable bonds is 4. The number of nitrogens with zero attached hydrogens (tertiary/aromatic N) is 1. The Labute approximate surface area is 131 Å². The zero-order valence-corrected chi connectivity index (χ0v) is 12.3. The molecule has 0 unspecified atom stereocenters. The molecule has 6 heteroatoms. The molecule has 0 bridgehead atoms. The predicted octanol–water partition coefficient (Wildman–Crippen LogP) is 4.17. The van der Waals surface area contributed by atoms with Gasteiger partial charge in [-0.2, -0.15) is 0 Å². The standard InChI is InChI=1S/C16H13ClFNO3/c17-13-5-4-9(7-14(13)18)12-6-10(16(20)21)8-19-15(12)22-11-2-1-3-11/h4-8,11H,1-3H2,(H,20,21). The molecular formula is C16H13ClFNO3. The number of aromatic carboxylic acids is 1. The van der Waals surface area contributed by atoms with Crippen LogP contribution in [0.4, 0.5) is 4.39 Å². The molecule has 1 fully saturated rings. The molecule has 114 valence electrons. The average molecular weight is 322 g/mol. The summed E-state index contributed by atoms with van der Waals surface area (Å²) in [4.78, 5) is 15.2. The average Bonchev–Trinajstić information content (AvgIpc) is 2.45. The van der Waals surface area contributed by atoms with Crippen LogP contribution in [0.15, 0.2) is 30.5 Å². The van der Waals surface area contributed by atoms with Gasteiger partial charge < -0.3 is 9.84 Å². The fraction of sp³-hybridized carbons (Fsp3) is 0.250. The highest BCUT2D eigenvalue weighted by atomic mass is 35.5. The largest absolute Gasteiger partial charge is 0.478 e. The first-order chi connectivity index (χ1) is 10.5. The maximum Gasteiger partial charge on any atom is 0.337 e. The van der Waals surface area contributed by atoms with Crippen LogP contribution in [0, 0.1) is 5.82 Å². The Morgan fingerprint density at radius 3 is 2.73 bits per heavy atom. The van der Waals surface area contributed by atoms with E-state index in [9.17, 15) is 9.18 Å². The van der Waals surface area contributed by atoms with Crippen molar-refractivity contribution >= 4 is 17.6 Å². The quantitative estimate of drug-likeness (QED) is 0.918. The van der Waals surface area contributed by atoms with Gasteiger partial charge in [0.05, 0.1) is 10.6 Å². The molecular weight excluding hydrogens is 309 g/mol. The van der Waals surface area contributed by atoms with E-state index in [1.54, 1.807) is 6.07 Å². The second kappa shape index (κ2) is 5.93. The van der Waals surface area contributed by atoms with Gasteiger partial charge in [-0.05, 0) is 43.0 Å². The molecule has 1 aromatic heterocycles. The second-order valence-corrected chi connectivity index (χ2v) is 5.59. The summed E-state index contributed by atoms with van der Waals surface area (Å²) in [6, 6.07) is 5.72. The zero-order valence-electron chi connectivity index (χ0n) is 11.6. The lowest BCUT2D eigenvalue weighted by molar-refractivity contribution is 0.0696. The summed E-state index contributed by atoms with van der Waals surface area (Å²) >= 11 is 5.69. The summed E-state index contributed by atoms with van der Waals surface area (Å²) in [5.41, 5.74) is 0.945. The molecule has 1 aliphatic carbocycles. The van der Waals surface area contributed by atoms with Gasteiger partial charge in [-0.25, -0.2) is 14.2 Å². The van der Waals surface area contributed by atoms with Crippen molar-refractivity contribution in [2.45, 2.75) is 25.4 Å². The highest BCUT2D eigenvalue weighted by Crippen LogP contribution is 2.34. The van der Waals surface area contributed by atoms with Crippen LogP contribution in [-0.4, -0.2) is 22.2 Å². The van der Waals surface area contributed by atoms with Crippen LogP contribution >= 0.6 is 11.6 Å². The minimum Gasteiger partial charge on any atom is -0.478 e. The van der Waals surface area contributed by atoms with E-state index in [2.05, 4.69) is 4.98 Å². The summed E-state index contributed by atoms with van der Waals surface area (Å²) in [6.07, 6.45) is 4.31. The molecule has 1 aliphatic rings. The predicted molar refractivity (Wildman–Crippen MR) is 79.9 cm³/mol. The van der Waals surface area contributed by atoms with Gasteiger partial charge >= 0.3 is 5.97 Å². The van der Waals surface area contributed by atoms with E-state index in [1.165, 1.54) is 24.4 Å². The van der Waals surface area contributed by atoms with Gasteiger partial charge in [0.25, 0.3) is 0 Å². The zero-order chi connectivity index (χ0) is 15.7. The first-order valence-electron chi connectivity index (χ1n) is 6.90. The van der Waals surface area contributed by atoms with Crippen LogP contribution in [0.5, 0.6) is 5.88 Å². The van der Waals surface area contributed by atoms with Gasteiger partial charge in [-0.15, -0.1) is 0 Å². The molecule has 0 amide bonds. The van der Waals surface area contributed by atoms with Crippen molar-refractivity contribution < 1.29 is 19.0 Å². The Morgan fingerprint density at radius 1 is 1.36 bits per heavy atom. The molecule has 1 heterocycles. The molecule has 2 aromatic rings. The minimum absolute atomic E-state index is 0.00700. The Hall–Kier alpha value is -2.14. The number of benzene rings is 1. The SMILES string of the molecule is O=C(O)c1cnc(OC2CCC2)c(-c2ccc(Cl)c(F)c2)c1. The number of ether oxygens (including phenoxy) is 1. The van der Waals surface area contributed by atoms with Crippen LogP contribution < -0.4 is 4.74 Å². The van der Waals surface area contributed by atoms with Gasteiger partial charge in [-0.1, -0.05) is 17.7 Å². The third kappa shape index (κ3) is 2.90. The van der Waals surface area contributed by atoms with Crippen LogP contribution in [-0.2, 0) is 0 Å². The van der Waals surface area contributed by atoms with Crippen molar-refractivity contribution in [1.82, 2.24) is 4.98 Å². The number of hydrogen-bond acceptors (Lipinski definition) is 3. The molecule has 0 spiro atoms. The van der Waals surface area contributed by atoms with Crippen molar-refractivity contribution in [3.05, 3.63) is 46.9 Å². The first kappa shape index (κ1) is 14.8. The maximum absolute atomic E-state index is 13.7. The fourth-order valence-electron chi connectivity index (χ4n) is 2.18. The van der Waals surface area contributed by atoms with E-state index in [-0.39, 0.29) is 16.7 Å². The van der Waals surface area contributed by atoms with Crippen LogP contribution in [0.2, 0.25) is 5.02 Å². The van der Waals surface area contributed by atoms with E-state index in [1.807, 2.05) is 0 Å². The van der Waals surface area contributed by atoms with Crippen molar-refractivity contribution in [3.63, 3.8) is 0 Å². The molecule has 0 radical (unpaired) electrons. The minimum atomic E-state index is -1.10. The summed E-state index contributed by atoms with van der Waals surface area (Å²) in [5, 5.41) is 9.12. The monoisotopic (exact) mass is 321 g/mol. The molecule has 3 rings (SSSR count). The molecule has 0 atom stereocenters. The van der Waals surface area contributed by atoms with Crippen molar-refractivity contribution in [1.29, 1.82) is 0 Å². The van der Waals surface area contributed by atoms with E-state index in [0.717, 1.165) is 19.3 Å². The van der Waals surface area contributed by atoms with Crippen molar-refractivity contribution in [3.8, 4) is 17.0 Å². The van der Waals surface area contributed by atoms with Gasteiger partial charge in [0, 0.05) is 11.8 Å².